The summed E-state index contributed by atoms with van der Waals surface area (Å²) in [5.74, 6) is 0.272. The third-order valence-corrected chi connectivity index (χ3v) is 5.81. The first kappa shape index (κ1) is 24.2. The van der Waals surface area contributed by atoms with Crippen LogP contribution in [0.1, 0.15) is 56.5 Å². The normalized spacial score (nSPS) is 11.5. The number of rotatable bonds is 6. The van der Waals surface area contributed by atoms with Crippen LogP contribution < -0.4 is 10.6 Å². The lowest BCUT2D eigenvalue weighted by molar-refractivity contribution is 0.0976. The fraction of sp³-hybridized carbons (Fsp3) is 0.370. The van der Waals surface area contributed by atoms with Gasteiger partial charge in [0.05, 0.1) is 5.69 Å². The maximum absolute atomic E-state index is 13.0. The first-order valence-corrected chi connectivity index (χ1v) is 11.5. The van der Waals surface area contributed by atoms with E-state index in [0.717, 1.165) is 41.0 Å². The fourth-order valence-corrected chi connectivity index (χ4v) is 4.16. The molecule has 3 aromatic rings. The van der Waals surface area contributed by atoms with Crippen LogP contribution in [0.2, 0.25) is 0 Å². The number of aliphatic imine (C=N–C) groups is 1. The lowest BCUT2D eigenvalue weighted by atomic mass is 10.1. The summed E-state index contributed by atoms with van der Waals surface area (Å²) in [6.07, 6.45) is 0.759. The number of amides is 1. The fourth-order valence-electron chi connectivity index (χ4n) is 4.16. The van der Waals surface area contributed by atoms with E-state index in [1.165, 1.54) is 16.8 Å². The van der Waals surface area contributed by atoms with Crippen LogP contribution in [-0.2, 0) is 13.0 Å². The molecule has 2 aromatic carbocycles. The van der Waals surface area contributed by atoms with Crippen molar-refractivity contribution in [2.75, 3.05) is 11.9 Å². The molecule has 1 heterocycles. The van der Waals surface area contributed by atoms with E-state index in [0.29, 0.717) is 18.1 Å². The second kappa shape index (κ2) is 10.5. The average Bonchev–Trinajstić information content (AvgIpc) is 3.02. The van der Waals surface area contributed by atoms with E-state index in [4.69, 9.17) is 4.99 Å². The maximum Gasteiger partial charge on any atom is 0.257 e. The Morgan fingerprint density at radius 3 is 2.27 bits per heavy atom. The number of anilines is 1. The summed E-state index contributed by atoms with van der Waals surface area (Å²) in [5, 5.41) is 10.9. The molecule has 0 radical (unpaired) electrons. The highest BCUT2D eigenvalue weighted by atomic mass is 16.1. The second-order valence-corrected chi connectivity index (χ2v) is 8.72. The van der Waals surface area contributed by atoms with E-state index in [2.05, 4.69) is 48.6 Å². The summed E-state index contributed by atoms with van der Waals surface area (Å²) in [6, 6.07) is 12.0. The predicted molar refractivity (Wildman–Crippen MR) is 136 cm³/mol. The van der Waals surface area contributed by atoms with Crippen molar-refractivity contribution in [3.05, 3.63) is 81.2 Å². The van der Waals surface area contributed by atoms with Gasteiger partial charge in [0.1, 0.15) is 0 Å². The highest BCUT2D eigenvalue weighted by molar-refractivity contribution is 6.10. The molecule has 0 unspecified atom stereocenters. The van der Waals surface area contributed by atoms with E-state index in [1.807, 2.05) is 56.6 Å². The number of nitrogens with zero attached hydrogens (tertiary/aromatic N) is 3. The summed E-state index contributed by atoms with van der Waals surface area (Å²) in [7, 11) is 0. The van der Waals surface area contributed by atoms with Crippen molar-refractivity contribution >= 4 is 17.6 Å². The summed E-state index contributed by atoms with van der Waals surface area (Å²) in [4.78, 5) is 17.8. The van der Waals surface area contributed by atoms with Crippen molar-refractivity contribution in [1.82, 2.24) is 15.1 Å². The van der Waals surface area contributed by atoms with Gasteiger partial charge < -0.3 is 5.32 Å². The lowest BCUT2D eigenvalue weighted by Crippen LogP contribution is -2.36. The monoisotopic (exact) mass is 445 g/mol. The van der Waals surface area contributed by atoms with Crippen LogP contribution in [0.5, 0.6) is 0 Å². The van der Waals surface area contributed by atoms with Gasteiger partial charge in [-0.05, 0) is 84.2 Å². The number of carbonyl (C=O) groups excluding carboxylic acids is 1. The molecule has 3 rings (SSSR count). The van der Waals surface area contributed by atoms with E-state index in [-0.39, 0.29) is 5.91 Å². The maximum atomic E-state index is 13.0. The van der Waals surface area contributed by atoms with Crippen molar-refractivity contribution in [2.24, 2.45) is 4.99 Å². The van der Waals surface area contributed by atoms with Gasteiger partial charge in [-0.1, -0.05) is 34.9 Å². The van der Waals surface area contributed by atoms with Gasteiger partial charge in [0.15, 0.2) is 0 Å². The lowest BCUT2D eigenvalue weighted by Gasteiger charge is -2.15. The number of guanidine groups is 1. The molecule has 0 saturated heterocycles. The zero-order valence-corrected chi connectivity index (χ0v) is 20.8. The molecule has 2 N–H and O–H groups in total. The van der Waals surface area contributed by atoms with Crippen molar-refractivity contribution in [2.45, 2.75) is 61.4 Å². The van der Waals surface area contributed by atoms with Crippen molar-refractivity contribution in [1.29, 1.82) is 0 Å². The van der Waals surface area contributed by atoms with Gasteiger partial charge in [-0.15, -0.1) is 0 Å². The van der Waals surface area contributed by atoms with Crippen molar-refractivity contribution in [3.8, 4) is 0 Å². The average molecular weight is 446 g/mol. The zero-order chi connectivity index (χ0) is 24.1. The molecule has 0 saturated carbocycles. The number of benzene rings is 2. The van der Waals surface area contributed by atoms with Crippen LogP contribution >= 0.6 is 0 Å². The molecule has 0 spiro atoms. The molecule has 33 heavy (non-hydrogen) atoms. The molecule has 6 heteroatoms. The van der Waals surface area contributed by atoms with Gasteiger partial charge in [0, 0.05) is 30.0 Å². The Morgan fingerprint density at radius 2 is 1.67 bits per heavy atom. The van der Waals surface area contributed by atoms with Crippen LogP contribution in [0.15, 0.2) is 41.4 Å². The summed E-state index contributed by atoms with van der Waals surface area (Å²) >= 11 is 0. The number of nitrogens with one attached hydrogen (secondary N) is 2. The highest BCUT2D eigenvalue weighted by Gasteiger charge is 2.13. The quantitative estimate of drug-likeness (QED) is 0.405. The van der Waals surface area contributed by atoms with Crippen LogP contribution in [0.3, 0.4) is 0 Å². The first-order valence-electron chi connectivity index (χ1n) is 11.5. The van der Waals surface area contributed by atoms with Crippen LogP contribution in [0.4, 0.5) is 5.69 Å². The Kier molecular flexibility index (Phi) is 7.69. The van der Waals surface area contributed by atoms with Gasteiger partial charge in [-0.25, -0.2) is 0 Å². The van der Waals surface area contributed by atoms with Crippen LogP contribution in [0.25, 0.3) is 0 Å². The highest BCUT2D eigenvalue weighted by Crippen LogP contribution is 2.17. The Balaban J connectivity index is 1.84. The molecule has 174 valence electrons. The van der Waals surface area contributed by atoms with Gasteiger partial charge >= 0.3 is 0 Å². The molecule has 6 nitrogen and oxygen atoms in total. The van der Waals surface area contributed by atoms with Gasteiger partial charge in [-0.2, -0.15) is 5.10 Å². The van der Waals surface area contributed by atoms with Gasteiger partial charge in [0.2, 0.25) is 5.96 Å². The van der Waals surface area contributed by atoms with Crippen molar-refractivity contribution in [3.63, 3.8) is 0 Å². The molecular weight excluding hydrogens is 410 g/mol. The third-order valence-electron chi connectivity index (χ3n) is 5.81. The number of aryl methyl sites for hydroxylation is 6. The second-order valence-electron chi connectivity index (χ2n) is 8.72. The third kappa shape index (κ3) is 6.09. The number of carbonyl (C=O) groups is 1. The van der Waals surface area contributed by atoms with Crippen LogP contribution in [0, 0.1) is 41.5 Å². The van der Waals surface area contributed by atoms with E-state index < -0.39 is 0 Å². The Bertz CT molecular complexity index is 1170. The Labute approximate surface area is 197 Å². The topological polar surface area (TPSA) is 71.3 Å². The number of aromatic nitrogens is 2. The minimum atomic E-state index is -0.177. The minimum absolute atomic E-state index is 0.177. The summed E-state index contributed by atoms with van der Waals surface area (Å²) in [6.45, 7) is 15.7. The minimum Gasteiger partial charge on any atom is -0.326 e. The smallest absolute Gasteiger partial charge is 0.257 e. The molecule has 0 aliphatic carbocycles. The number of hydrogen-bond acceptors (Lipinski definition) is 3. The molecule has 0 aliphatic rings. The molecule has 0 aliphatic heterocycles. The molecule has 0 fully saturated rings. The standard InChI is InChI=1S/C27H35N5O/c1-8-32-22(7)24(21(6)31-32)11-12-28-27(29-25-10-9-17(2)14-20(25)5)30-26(33)23-15-18(3)13-19(4)16-23/h9-10,13-16H,8,11-12H2,1-7H3,(H2,28,29,30,33). The largest absolute Gasteiger partial charge is 0.326 e. The molecule has 0 atom stereocenters. The Hall–Kier alpha value is -3.41. The summed E-state index contributed by atoms with van der Waals surface area (Å²) < 4.78 is 2.02. The van der Waals surface area contributed by atoms with Gasteiger partial charge in [0.25, 0.3) is 5.91 Å². The first-order chi connectivity index (χ1) is 15.7. The van der Waals surface area contributed by atoms with E-state index in [1.54, 1.807) is 0 Å². The molecular formula is C27H35N5O. The zero-order valence-electron chi connectivity index (χ0n) is 20.8. The van der Waals surface area contributed by atoms with Gasteiger partial charge in [-0.3, -0.25) is 19.8 Å². The van der Waals surface area contributed by atoms with Crippen LogP contribution in [-0.4, -0.2) is 28.2 Å². The molecule has 1 aromatic heterocycles. The molecule has 0 bridgehead atoms. The van der Waals surface area contributed by atoms with Crippen molar-refractivity contribution < 1.29 is 4.79 Å². The summed E-state index contributed by atoms with van der Waals surface area (Å²) in [5.41, 5.74) is 9.37. The molecule has 1 amide bonds. The predicted octanol–water partition coefficient (Wildman–Crippen LogP) is 5.19. The Morgan fingerprint density at radius 1 is 0.970 bits per heavy atom. The SMILES string of the molecule is CCn1nc(C)c(CCN=C(NC(=O)c2cc(C)cc(C)c2)Nc2ccc(C)cc2C)c1C. The number of hydrogen-bond donors (Lipinski definition) is 2. The van der Waals surface area contributed by atoms with E-state index in [9.17, 15) is 4.79 Å². The van der Waals surface area contributed by atoms with E-state index >= 15 is 0 Å².